The molecule has 0 bridgehead atoms. The lowest BCUT2D eigenvalue weighted by molar-refractivity contribution is -0.137. The molecule has 7 heteroatoms. The Hall–Kier alpha value is -2.44. The fourth-order valence-corrected chi connectivity index (χ4v) is 2.54. The van der Waals surface area contributed by atoms with Gasteiger partial charge in [0, 0.05) is 19.8 Å². The van der Waals surface area contributed by atoms with Gasteiger partial charge in [-0.25, -0.2) is 18.4 Å². The van der Waals surface area contributed by atoms with E-state index in [4.69, 9.17) is 4.74 Å². The topological polar surface area (TPSA) is 49.9 Å². The third-order valence-corrected chi connectivity index (χ3v) is 3.82. The third kappa shape index (κ3) is 2.32. The summed E-state index contributed by atoms with van der Waals surface area (Å²) in [4.78, 5) is 26.7. The number of urea groups is 1. The molecule has 0 aliphatic carbocycles. The van der Waals surface area contributed by atoms with Gasteiger partial charge in [0.05, 0.1) is 24.3 Å². The monoisotopic (exact) mass is 310 g/mol. The van der Waals surface area contributed by atoms with E-state index in [1.165, 1.54) is 39.1 Å². The van der Waals surface area contributed by atoms with Crippen LogP contribution in [0.4, 0.5) is 13.6 Å². The first-order valence-corrected chi connectivity index (χ1v) is 6.54. The van der Waals surface area contributed by atoms with Crippen molar-refractivity contribution >= 4 is 12.0 Å². The first-order valence-electron chi connectivity index (χ1n) is 6.54. The second-order valence-corrected chi connectivity index (χ2v) is 4.98. The predicted octanol–water partition coefficient (Wildman–Crippen LogP) is 2.45. The highest BCUT2D eigenvalue weighted by Crippen LogP contribution is 2.38. The summed E-state index contributed by atoms with van der Waals surface area (Å²) in [7, 11) is 4.03. The summed E-state index contributed by atoms with van der Waals surface area (Å²) < 4.78 is 33.0. The molecule has 22 heavy (non-hydrogen) atoms. The van der Waals surface area contributed by atoms with E-state index in [0.717, 1.165) is 17.0 Å². The Kier molecular flexibility index (Phi) is 4.16. The van der Waals surface area contributed by atoms with Crippen molar-refractivity contribution < 1.29 is 23.1 Å². The number of carbonyl (C=O) groups excluding carboxylic acids is 2. The minimum absolute atomic E-state index is 0.0242. The van der Waals surface area contributed by atoms with Crippen molar-refractivity contribution in [3.05, 3.63) is 46.7 Å². The number of allylic oxidation sites excluding steroid dienone is 1. The Morgan fingerprint density at radius 1 is 1.23 bits per heavy atom. The number of nitrogens with zero attached hydrogens (tertiary/aromatic N) is 2. The van der Waals surface area contributed by atoms with Crippen LogP contribution in [0.1, 0.15) is 18.5 Å². The first-order chi connectivity index (χ1) is 10.3. The van der Waals surface area contributed by atoms with Gasteiger partial charge in [-0.2, -0.15) is 0 Å². The van der Waals surface area contributed by atoms with Crippen LogP contribution in [0.15, 0.2) is 29.5 Å². The Balaban J connectivity index is 2.74. The smallest absolute Gasteiger partial charge is 0.337 e. The van der Waals surface area contributed by atoms with Crippen LogP contribution in [0.2, 0.25) is 0 Å². The molecule has 0 fully saturated rings. The van der Waals surface area contributed by atoms with E-state index >= 15 is 0 Å². The highest BCUT2D eigenvalue weighted by Gasteiger charge is 2.41. The number of benzene rings is 1. The molecular weight excluding hydrogens is 294 g/mol. The minimum Gasteiger partial charge on any atom is -0.466 e. The molecule has 0 radical (unpaired) electrons. The summed E-state index contributed by atoms with van der Waals surface area (Å²) >= 11 is 0. The van der Waals surface area contributed by atoms with Crippen LogP contribution in [-0.2, 0) is 9.53 Å². The minimum atomic E-state index is -1.18. The number of ether oxygens (including phenoxy) is 1. The number of esters is 1. The SMILES string of the molecule is COC(=O)C1=C(C)N(C)C(=O)N(C)C1c1c(F)cccc1F. The van der Waals surface area contributed by atoms with Gasteiger partial charge >= 0.3 is 12.0 Å². The van der Waals surface area contributed by atoms with E-state index in [1.807, 2.05) is 0 Å². The zero-order valence-electron chi connectivity index (χ0n) is 12.7. The summed E-state index contributed by atoms with van der Waals surface area (Å²) in [5.41, 5.74) is -0.0371. The number of rotatable bonds is 2. The number of carbonyl (C=O) groups is 2. The van der Waals surface area contributed by atoms with Crippen molar-refractivity contribution in [2.75, 3.05) is 21.2 Å². The van der Waals surface area contributed by atoms with Crippen LogP contribution in [0.25, 0.3) is 0 Å². The van der Waals surface area contributed by atoms with E-state index in [2.05, 4.69) is 0 Å². The van der Waals surface area contributed by atoms with Gasteiger partial charge in [-0.3, -0.25) is 0 Å². The van der Waals surface area contributed by atoms with E-state index < -0.39 is 29.7 Å². The molecule has 1 aliphatic heterocycles. The van der Waals surface area contributed by atoms with Crippen LogP contribution in [0.5, 0.6) is 0 Å². The quantitative estimate of drug-likeness (QED) is 0.788. The van der Waals surface area contributed by atoms with Gasteiger partial charge in [-0.05, 0) is 19.1 Å². The second kappa shape index (κ2) is 5.75. The van der Waals surface area contributed by atoms with E-state index in [9.17, 15) is 18.4 Å². The molecule has 1 heterocycles. The number of hydrogen-bond donors (Lipinski definition) is 0. The molecule has 0 saturated carbocycles. The number of hydrogen-bond acceptors (Lipinski definition) is 3. The van der Waals surface area contributed by atoms with Crippen molar-refractivity contribution in [1.29, 1.82) is 0 Å². The summed E-state index contributed by atoms with van der Waals surface area (Å²) in [6.07, 6.45) is 0. The van der Waals surface area contributed by atoms with Crippen molar-refractivity contribution in [3.63, 3.8) is 0 Å². The first kappa shape index (κ1) is 15.9. The number of likely N-dealkylation sites (N-methyl/N-ethyl adjacent to an activating group) is 1. The fourth-order valence-electron chi connectivity index (χ4n) is 2.54. The Morgan fingerprint density at radius 3 is 2.27 bits per heavy atom. The summed E-state index contributed by atoms with van der Waals surface area (Å²) in [6, 6.07) is 1.73. The lowest BCUT2D eigenvalue weighted by Gasteiger charge is -2.39. The molecule has 1 atom stereocenters. The maximum Gasteiger partial charge on any atom is 0.337 e. The van der Waals surface area contributed by atoms with Crippen LogP contribution in [0, 0.1) is 11.6 Å². The molecular formula is C15H16F2N2O3. The van der Waals surface area contributed by atoms with Crippen LogP contribution in [0.3, 0.4) is 0 Å². The lowest BCUT2D eigenvalue weighted by Crippen LogP contribution is -2.47. The molecule has 1 unspecified atom stereocenters. The number of amides is 2. The summed E-state index contributed by atoms with van der Waals surface area (Å²) in [5.74, 6) is -2.40. The van der Waals surface area contributed by atoms with Gasteiger partial charge in [0.2, 0.25) is 0 Å². The van der Waals surface area contributed by atoms with Gasteiger partial charge in [0.1, 0.15) is 11.6 Å². The van der Waals surface area contributed by atoms with Gasteiger partial charge in [-0.15, -0.1) is 0 Å². The van der Waals surface area contributed by atoms with Crippen LogP contribution >= 0.6 is 0 Å². The van der Waals surface area contributed by atoms with Crippen molar-refractivity contribution in [3.8, 4) is 0 Å². The predicted molar refractivity (Wildman–Crippen MR) is 74.7 cm³/mol. The maximum atomic E-state index is 14.1. The van der Waals surface area contributed by atoms with E-state index in [-0.39, 0.29) is 11.1 Å². The lowest BCUT2D eigenvalue weighted by atomic mass is 9.93. The van der Waals surface area contributed by atoms with Crippen LogP contribution < -0.4 is 0 Å². The highest BCUT2D eigenvalue weighted by molar-refractivity contribution is 5.94. The van der Waals surface area contributed by atoms with Gasteiger partial charge < -0.3 is 14.5 Å². The zero-order valence-corrected chi connectivity index (χ0v) is 12.7. The molecule has 0 spiro atoms. The average molecular weight is 310 g/mol. The summed E-state index contributed by atoms with van der Waals surface area (Å²) in [6.45, 7) is 1.53. The van der Waals surface area contributed by atoms with Crippen molar-refractivity contribution in [1.82, 2.24) is 9.80 Å². The molecule has 0 saturated heterocycles. The largest absolute Gasteiger partial charge is 0.466 e. The molecule has 2 rings (SSSR count). The van der Waals surface area contributed by atoms with Gasteiger partial charge in [-0.1, -0.05) is 6.07 Å². The van der Waals surface area contributed by atoms with E-state index in [1.54, 1.807) is 0 Å². The van der Waals surface area contributed by atoms with Crippen LogP contribution in [-0.4, -0.2) is 43.0 Å². The molecule has 1 aromatic carbocycles. The second-order valence-electron chi connectivity index (χ2n) is 4.98. The third-order valence-electron chi connectivity index (χ3n) is 3.82. The molecule has 0 N–H and O–H groups in total. The Labute approximate surface area is 126 Å². The Bertz CT molecular complexity index is 653. The zero-order chi connectivity index (χ0) is 16.6. The van der Waals surface area contributed by atoms with Crippen molar-refractivity contribution in [2.45, 2.75) is 13.0 Å². The highest BCUT2D eigenvalue weighted by atomic mass is 19.1. The van der Waals surface area contributed by atoms with Gasteiger partial charge in [0.25, 0.3) is 0 Å². The molecule has 1 aliphatic rings. The average Bonchev–Trinajstić information content (AvgIpc) is 2.49. The number of halogens is 2. The normalized spacial score (nSPS) is 18.8. The molecule has 0 aromatic heterocycles. The molecule has 5 nitrogen and oxygen atoms in total. The standard InChI is InChI=1S/C15H16F2N2O3/c1-8-11(14(20)22-4)13(19(3)15(21)18(8)2)12-9(16)6-5-7-10(12)17/h5-7,13H,1-4H3. The fraction of sp³-hybridized carbons (Fsp3) is 0.333. The van der Waals surface area contributed by atoms with Gasteiger partial charge in [0.15, 0.2) is 0 Å². The summed E-state index contributed by atoms with van der Waals surface area (Å²) in [5, 5.41) is 0. The van der Waals surface area contributed by atoms with Crippen molar-refractivity contribution in [2.24, 2.45) is 0 Å². The Morgan fingerprint density at radius 2 is 1.77 bits per heavy atom. The number of methoxy groups -OCH3 is 1. The van der Waals surface area contributed by atoms with E-state index in [0.29, 0.717) is 5.70 Å². The molecule has 1 aromatic rings. The maximum absolute atomic E-state index is 14.1. The molecule has 2 amide bonds. The molecule has 118 valence electrons.